The molecule has 0 radical (unpaired) electrons. The summed E-state index contributed by atoms with van der Waals surface area (Å²) in [5.41, 5.74) is 0.701. The lowest BCUT2D eigenvalue weighted by atomic mass is 10.1. The highest BCUT2D eigenvalue weighted by Gasteiger charge is 2.19. The number of hydrogen-bond acceptors (Lipinski definition) is 4. The molecule has 0 aliphatic rings. The van der Waals surface area contributed by atoms with Crippen LogP contribution in [0.15, 0.2) is 82.0 Å². The Bertz CT molecular complexity index is 1290. The molecule has 6 heteroatoms. The molecule has 1 aromatic heterocycles. The van der Waals surface area contributed by atoms with Crippen LogP contribution in [0, 0.1) is 0 Å². The summed E-state index contributed by atoms with van der Waals surface area (Å²) in [7, 11) is 1.49. The van der Waals surface area contributed by atoms with Crippen molar-refractivity contribution in [1.29, 1.82) is 0 Å². The molecule has 4 rings (SSSR count). The lowest BCUT2D eigenvalue weighted by Gasteiger charge is -2.17. The summed E-state index contributed by atoms with van der Waals surface area (Å²) in [6, 6.07) is 21.2. The smallest absolute Gasteiger partial charge is 0.289 e. The van der Waals surface area contributed by atoms with E-state index in [0.29, 0.717) is 16.7 Å². The predicted molar refractivity (Wildman–Crippen MR) is 112 cm³/mol. The zero-order valence-corrected chi connectivity index (χ0v) is 15.7. The largest absolute Gasteiger partial charge is 0.451 e. The first-order valence-corrected chi connectivity index (χ1v) is 9.09. The number of amides is 2. The average Bonchev–Trinajstić information content (AvgIpc) is 2.73. The van der Waals surface area contributed by atoms with E-state index in [1.54, 1.807) is 24.3 Å². The van der Waals surface area contributed by atoms with Gasteiger partial charge in [-0.25, -0.2) is 0 Å². The van der Waals surface area contributed by atoms with Gasteiger partial charge >= 0.3 is 0 Å². The Morgan fingerprint density at radius 3 is 2.45 bits per heavy atom. The summed E-state index contributed by atoms with van der Waals surface area (Å²) in [6.07, 6.45) is 0. The van der Waals surface area contributed by atoms with E-state index >= 15 is 0 Å². The molecule has 0 aliphatic carbocycles. The number of fused-ring (bicyclic) bond motifs is 2. The number of hydrogen-bond donors (Lipinski definition) is 1. The molecule has 0 saturated heterocycles. The van der Waals surface area contributed by atoms with E-state index < -0.39 is 5.91 Å². The van der Waals surface area contributed by atoms with E-state index in [1.807, 2.05) is 42.5 Å². The molecule has 3 aromatic carbocycles. The fourth-order valence-corrected chi connectivity index (χ4v) is 3.21. The van der Waals surface area contributed by atoms with E-state index in [1.165, 1.54) is 11.9 Å². The van der Waals surface area contributed by atoms with Crippen molar-refractivity contribution < 1.29 is 14.0 Å². The third-order valence-corrected chi connectivity index (χ3v) is 4.64. The summed E-state index contributed by atoms with van der Waals surface area (Å²) < 4.78 is 5.56. The van der Waals surface area contributed by atoms with Gasteiger partial charge in [0.25, 0.3) is 5.91 Å². The zero-order valence-electron chi connectivity index (χ0n) is 15.7. The first-order valence-electron chi connectivity index (χ1n) is 9.09. The Hall–Kier alpha value is -3.93. The number of nitrogens with one attached hydrogen (secondary N) is 1. The minimum Gasteiger partial charge on any atom is -0.451 e. The summed E-state index contributed by atoms with van der Waals surface area (Å²) in [6.45, 7) is -0.182. The van der Waals surface area contributed by atoms with Crippen molar-refractivity contribution in [3.05, 3.63) is 88.8 Å². The fourth-order valence-electron chi connectivity index (χ4n) is 3.21. The van der Waals surface area contributed by atoms with Crippen LogP contribution in [-0.4, -0.2) is 30.3 Å². The van der Waals surface area contributed by atoms with Crippen LogP contribution in [-0.2, 0) is 4.79 Å². The van der Waals surface area contributed by atoms with Gasteiger partial charge in [-0.05, 0) is 23.6 Å². The molecule has 144 valence electrons. The van der Waals surface area contributed by atoms with E-state index in [9.17, 15) is 14.4 Å². The predicted octanol–water partition coefficient (Wildman–Crippen LogP) is 3.66. The number of carbonyl (C=O) groups is 2. The van der Waals surface area contributed by atoms with Crippen molar-refractivity contribution in [2.75, 3.05) is 18.9 Å². The standard InChI is InChI=1S/C23H18N2O4/c1-25(23(28)21-13-19(26)17-10-4-5-12-20(17)29-21)14-22(27)24-18-11-6-8-15-7-2-3-9-16(15)18/h2-13H,14H2,1H3,(H,24,27). The third kappa shape index (κ3) is 3.73. The van der Waals surface area contributed by atoms with E-state index in [-0.39, 0.29) is 23.6 Å². The SMILES string of the molecule is CN(CC(=O)Nc1cccc2ccccc12)C(=O)c1cc(=O)c2ccccc2o1. The van der Waals surface area contributed by atoms with Crippen molar-refractivity contribution >= 4 is 39.2 Å². The molecule has 0 unspecified atom stereocenters. The van der Waals surface area contributed by atoms with Gasteiger partial charge in [-0.3, -0.25) is 14.4 Å². The van der Waals surface area contributed by atoms with Crippen LogP contribution in [0.4, 0.5) is 5.69 Å². The third-order valence-electron chi connectivity index (χ3n) is 4.64. The number of likely N-dealkylation sites (N-methyl/N-ethyl adjacent to an activating group) is 1. The van der Waals surface area contributed by atoms with Crippen LogP contribution in [0.5, 0.6) is 0 Å². The maximum atomic E-state index is 12.7. The Balaban J connectivity index is 1.51. The van der Waals surface area contributed by atoms with Crippen molar-refractivity contribution in [3.8, 4) is 0 Å². The Morgan fingerprint density at radius 2 is 1.62 bits per heavy atom. The second-order valence-corrected chi connectivity index (χ2v) is 6.71. The first kappa shape index (κ1) is 18.4. The average molecular weight is 386 g/mol. The van der Waals surface area contributed by atoms with Crippen molar-refractivity contribution in [2.45, 2.75) is 0 Å². The molecule has 1 heterocycles. The van der Waals surface area contributed by atoms with Gasteiger partial charge in [0.15, 0.2) is 11.2 Å². The van der Waals surface area contributed by atoms with E-state index in [0.717, 1.165) is 16.8 Å². The lowest BCUT2D eigenvalue weighted by molar-refractivity contribution is -0.116. The molecule has 6 nitrogen and oxygen atoms in total. The van der Waals surface area contributed by atoms with Gasteiger partial charge < -0.3 is 14.6 Å². The van der Waals surface area contributed by atoms with E-state index in [4.69, 9.17) is 4.42 Å². The Kier molecular flexibility index (Phi) is 4.83. The fraction of sp³-hybridized carbons (Fsp3) is 0.0870. The molecule has 4 aromatic rings. The molecule has 0 atom stereocenters. The number of benzene rings is 3. The molecule has 1 N–H and O–H groups in total. The second-order valence-electron chi connectivity index (χ2n) is 6.71. The number of para-hydroxylation sites is 1. The van der Waals surface area contributed by atoms with Crippen LogP contribution >= 0.6 is 0 Å². The molecule has 0 saturated carbocycles. The molecule has 0 fully saturated rings. The molecule has 0 aliphatic heterocycles. The van der Waals surface area contributed by atoms with Crippen LogP contribution < -0.4 is 10.7 Å². The molecule has 29 heavy (non-hydrogen) atoms. The van der Waals surface area contributed by atoms with E-state index in [2.05, 4.69) is 5.32 Å². The van der Waals surface area contributed by atoms with Crippen molar-refractivity contribution in [2.24, 2.45) is 0 Å². The van der Waals surface area contributed by atoms with Crippen molar-refractivity contribution in [1.82, 2.24) is 4.90 Å². The van der Waals surface area contributed by atoms with Crippen LogP contribution in [0.3, 0.4) is 0 Å². The normalized spacial score (nSPS) is 10.8. The highest BCUT2D eigenvalue weighted by molar-refractivity contribution is 6.04. The quantitative estimate of drug-likeness (QED) is 0.581. The zero-order chi connectivity index (χ0) is 20.4. The Morgan fingerprint density at radius 1 is 0.931 bits per heavy atom. The highest BCUT2D eigenvalue weighted by atomic mass is 16.3. The molecular formula is C23H18N2O4. The summed E-state index contributed by atoms with van der Waals surface area (Å²) in [4.78, 5) is 38.6. The minimum atomic E-state index is -0.541. The number of anilines is 1. The number of rotatable bonds is 4. The van der Waals surface area contributed by atoms with Gasteiger partial charge in [0.05, 0.1) is 11.9 Å². The maximum Gasteiger partial charge on any atom is 0.289 e. The van der Waals surface area contributed by atoms with Gasteiger partial charge in [0, 0.05) is 24.2 Å². The second kappa shape index (κ2) is 7.59. The topological polar surface area (TPSA) is 79.6 Å². The van der Waals surface area contributed by atoms with Gasteiger partial charge in [-0.2, -0.15) is 0 Å². The van der Waals surface area contributed by atoms with Crippen LogP contribution in [0.2, 0.25) is 0 Å². The van der Waals surface area contributed by atoms with Gasteiger partial charge in [-0.15, -0.1) is 0 Å². The summed E-state index contributed by atoms with van der Waals surface area (Å²) in [5.74, 6) is -0.990. The van der Waals surface area contributed by atoms with Crippen LogP contribution in [0.25, 0.3) is 21.7 Å². The molecule has 0 bridgehead atoms. The maximum absolute atomic E-state index is 12.7. The first-order chi connectivity index (χ1) is 14.0. The van der Waals surface area contributed by atoms with Gasteiger partial charge in [0.1, 0.15) is 5.58 Å². The summed E-state index contributed by atoms with van der Waals surface area (Å²) in [5, 5.41) is 5.16. The summed E-state index contributed by atoms with van der Waals surface area (Å²) >= 11 is 0. The van der Waals surface area contributed by atoms with Crippen LogP contribution in [0.1, 0.15) is 10.6 Å². The monoisotopic (exact) mass is 386 g/mol. The van der Waals surface area contributed by atoms with Gasteiger partial charge in [-0.1, -0.05) is 48.5 Å². The van der Waals surface area contributed by atoms with Gasteiger partial charge in [0.2, 0.25) is 5.91 Å². The highest BCUT2D eigenvalue weighted by Crippen LogP contribution is 2.23. The molecule has 2 amide bonds. The van der Waals surface area contributed by atoms with Crippen molar-refractivity contribution in [3.63, 3.8) is 0 Å². The lowest BCUT2D eigenvalue weighted by Crippen LogP contribution is -2.35. The number of carbonyl (C=O) groups excluding carboxylic acids is 2. The number of nitrogens with zero attached hydrogens (tertiary/aromatic N) is 1. The molecule has 0 spiro atoms. The Labute approximate surface area is 166 Å². The molecular weight excluding hydrogens is 368 g/mol. The minimum absolute atomic E-state index is 0.103.